The molecule has 0 amide bonds. The van der Waals surface area contributed by atoms with E-state index in [0.29, 0.717) is 13.2 Å². The summed E-state index contributed by atoms with van der Waals surface area (Å²) in [6.45, 7) is 13.7. The molecular weight excluding hydrogens is 730 g/mol. The molecule has 8 nitrogen and oxygen atoms in total. The van der Waals surface area contributed by atoms with Gasteiger partial charge in [-0.25, -0.2) is 4.39 Å². The maximum absolute atomic E-state index is 15.3. The summed E-state index contributed by atoms with van der Waals surface area (Å²) in [4.78, 5) is 7.13. The number of rotatable bonds is 8. The Hall–Kier alpha value is -5.09. The van der Waals surface area contributed by atoms with Crippen LogP contribution in [0.3, 0.4) is 0 Å². The lowest BCUT2D eigenvalue weighted by atomic mass is 9.71. The molecule has 0 radical (unpaired) electrons. The summed E-state index contributed by atoms with van der Waals surface area (Å²) in [5.41, 5.74) is 9.68. The highest BCUT2D eigenvalue weighted by Crippen LogP contribution is 2.61. The molecule has 5 aromatic rings. The maximum Gasteiger partial charge on any atom is 0.178 e. The van der Waals surface area contributed by atoms with Crippen LogP contribution >= 0.6 is 0 Å². The van der Waals surface area contributed by atoms with Crippen LogP contribution in [-0.4, -0.2) is 86.0 Å². The molecule has 3 fully saturated rings. The first-order chi connectivity index (χ1) is 28.5. The van der Waals surface area contributed by atoms with Crippen LogP contribution in [0, 0.1) is 5.82 Å². The lowest BCUT2D eigenvalue weighted by Gasteiger charge is -2.40. The molecule has 58 heavy (non-hydrogen) atoms. The van der Waals surface area contributed by atoms with Gasteiger partial charge in [-0.05, 0) is 95.1 Å². The van der Waals surface area contributed by atoms with Gasteiger partial charge >= 0.3 is 0 Å². The highest BCUT2D eigenvalue weighted by molar-refractivity contribution is 6.10. The number of hydrogen-bond acceptors (Lipinski definition) is 8. The third-order valence-electron chi connectivity index (χ3n) is 13.5. The lowest BCUT2D eigenvalue weighted by Crippen LogP contribution is -2.37. The van der Waals surface area contributed by atoms with Crippen molar-refractivity contribution in [2.75, 3.05) is 101 Å². The molecule has 0 N–H and O–H groups in total. The van der Waals surface area contributed by atoms with Gasteiger partial charge in [0.25, 0.3) is 0 Å². The van der Waals surface area contributed by atoms with Crippen LogP contribution in [0.4, 0.5) is 21.5 Å². The van der Waals surface area contributed by atoms with Crippen molar-refractivity contribution in [3.8, 4) is 22.6 Å². The summed E-state index contributed by atoms with van der Waals surface area (Å²) < 4.78 is 46.4. The van der Waals surface area contributed by atoms with Crippen molar-refractivity contribution >= 4 is 33.9 Å². The molecule has 300 valence electrons. The van der Waals surface area contributed by atoms with E-state index < -0.39 is 11.0 Å². The number of nitrogens with zero attached hydrogens (tertiary/aromatic N) is 3. The highest BCUT2D eigenvalue weighted by atomic mass is 19.1. The Kier molecular flexibility index (Phi) is 9.58. The minimum absolute atomic E-state index is 0.210. The van der Waals surface area contributed by atoms with E-state index in [9.17, 15) is 0 Å². The van der Waals surface area contributed by atoms with Gasteiger partial charge in [0.15, 0.2) is 5.60 Å². The largest absolute Gasteiger partial charge is 0.495 e. The summed E-state index contributed by atoms with van der Waals surface area (Å²) in [7, 11) is 1.75. The van der Waals surface area contributed by atoms with E-state index in [4.69, 9.17) is 23.7 Å². The van der Waals surface area contributed by atoms with Crippen molar-refractivity contribution in [1.29, 1.82) is 0 Å². The summed E-state index contributed by atoms with van der Waals surface area (Å²) in [5.74, 6) is 1.40. The van der Waals surface area contributed by atoms with Gasteiger partial charge in [-0.15, -0.1) is 0 Å². The fourth-order valence-electron chi connectivity index (χ4n) is 10.4. The molecule has 5 aromatic carbocycles. The van der Waals surface area contributed by atoms with Crippen LogP contribution < -0.4 is 24.2 Å². The predicted octanol–water partition coefficient (Wildman–Crippen LogP) is 8.93. The zero-order chi connectivity index (χ0) is 39.4. The van der Waals surface area contributed by atoms with E-state index in [1.54, 1.807) is 19.2 Å². The van der Waals surface area contributed by atoms with Crippen molar-refractivity contribution < 1.29 is 28.1 Å². The van der Waals surface area contributed by atoms with Crippen LogP contribution in [-0.2, 0) is 25.2 Å². The van der Waals surface area contributed by atoms with Crippen LogP contribution in [0.1, 0.15) is 54.5 Å². The molecule has 0 saturated carbocycles. The number of anilines is 3. The summed E-state index contributed by atoms with van der Waals surface area (Å²) in [6.07, 6.45) is 6.20. The average Bonchev–Trinajstić information content (AvgIpc) is 3.59. The van der Waals surface area contributed by atoms with Crippen molar-refractivity contribution in [3.63, 3.8) is 0 Å². The van der Waals surface area contributed by atoms with Crippen molar-refractivity contribution in [2.45, 2.75) is 37.7 Å². The number of halogens is 1. The molecule has 0 unspecified atom stereocenters. The van der Waals surface area contributed by atoms with Crippen LogP contribution in [0.25, 0.3) is 28.0 Å². The smallest absolute Gasteiger partial charge is 0.178 e. The zero-order valence-corrected chi connectivity index (χ0v) is 33.8. The Labute approximate surface area is 340 Å². The topological polar surface area (TPSA) is 55.9 Å². The van der Waals surface area contributed by atoms with Crippen LogP contribution in [0.5, 0.6) is 11.5 Å². The SMILES string of the molecule is CCC1(CC)c2cc(F)ccc2-c2c1c1c(c3cc(OC)c(N4CCOCC4)cc23)OC(c2ccc(N3CCOCC3)cc2)(c2ccc(N3CCOCC3)cc2)C=C1. The van der Waals surface area contributed by atoms with Gasteiger partial charge in [0.2, 0.25) is 0 Å². The minimum Gasteiger partial charge on any atom is -0.495 e. The molecule has 9 heteroatoms. The monoisotopic (exact) mass is 781 g/mol. The molecule has 4 heterocycles. The molecule has 0 bridgehead atoms. The fourth-order valence-corrected chi connectivity index (χ4v) is 10.4. The molecule has 5 aliphatic rings. The summed E-state index contributed by atoms with van der Waals surface area (Å²) >= 11 is 0. The van der Waals surface area contributed by atoms with Gasteiger partial charge < -0.3 is 38.4 Å². The Bertz CT molecular complexity index is 2290. The third kappa shape index (κ3) is 5.88. The van der Waals surface area contributed by atoms with Crippen LogP contribution in [0.15, 0.2) is 84.9 Å². The van der Waals surface area contributed by atoms with Gasteiger partial charge in [0.1, 0.15) is 17.3 Å². The fraction of sp³-hybridized carbons (Fsp3) is 0.388. The molecule has 3 saturated heterocycles. The predicted molar refractivity (Wildman–Crippen MR) is 230 cm³/mol. The quantitative estimate of drug-likeness (QED) is 0.155. The summed E-state index contributed by atoms with van der Waals surface area (Å²) in [6, 6.07) is 27.6. The van der Waals surface area contributed by atoms with Gasteiger partial charge in [-0.2, -0.15) is 0 Å². The minimum atomic E-state index is -0.948. The van der Waals surface area contributed by atoms with Crippen molar-refractivity contribution in [3.05, 3.63) is 119 Å². The van der Waals surface area contributed by atoms with Gasteiger partial charge in [0, 0.05) is 78.1 Å². The molecule has 10 rings (SSSR count). The standard InChI is InChI=1S/C49H52FN3O5/c1-4-48(5-2)42-30-35(50)10-15-38(42)45-40-31-43(53-22-28-57-29-23-53)44(54-3)32-41(40)47-39(46(45)48)16-17-49(58-47,33-6-11-36(12-7-33)51-18-24-55-25-19-51)34-8-13-37(14-9-34)52-20-26-56-27-21-52/h6-17,30-32H,4-5,18-29H2,1-3H3. The lowest BCUT2D eigenvalue weighted by molar-refractivity contribution is 0.122. The Morgan fingerprint density at radius 1 is 0.655 bits per heavy atom. The van der Waals surface area contributed by atoms with Crippen molar-refractivity contribution in [2.24, 2.45) is 0 Å². The molecule has 4 aliphatic heterocycles. The number of benzene rings is 5. The van der Waals surface area contributed by atoms with E-state index in [2.05, 4.69) is 101 Å². The van der Waals surface area contributed by atoms with E-state index in [1.165, 1.54) is 16.9 Å². The third-order valence-corrected chi connectivity index (χ3v) is 13.5. The Morgan fingerprint density at radius 3 is 1.74 bits per heavy atom. The second-order valence-electron chi connectivity index (χ2n) is 16.1. The highest BCUT2D eigenvalue weighted by Gasteiger charge is 2.47. The van der Waals surface area contributed by atoms with Gasteiger partial charge in [-0.3, -0.25) is 0 Å². The van der Waals surface area contributed by atoms with E-state index in [1.807, 2.05) is 6.07 Å². The number of ether oxygens (including phenoxy) is 5. The van der Waals surface area contributed by atoms with E-state index >= 15 is 4.39 Å². The molecule has 0 aromatic heterocycles. The maximum atomic E-state index is 15.3. The zero-order valence-electron chi connectivity index (χ0n) is 33.8. The number of morpholine rings is 3. The van der Waals surface area contributed by atoms with Crippen LogP contribution in [0.2, 0.25) is 0 Å². The van der Waals surface area contributed by atoms with E-state index in [0.717, 1.165) is 140 Å². The molecular formula is C49H52FN3O5. The number of methoxy groups -OCH3 is 1. The first-order valence-corrected chi connectivity index (χ1v) is 21.1. The first-order valence-electron chi connectivity index (χ1n) is 21.1. The van der Waals surface area contributed by atoms with Gasteiger partial charge in [0.05, 0.1) is 52.4 Å². The second-order valence-corrected chi connectivity index (χ2v) is 16.1. The molecule has 0 atom stereocenters. The van der Waals surface area contributed by atoms with Crippen molar-refractivity contribution in [1.82, 2.24) is 0 Å². The molecule has 1 aliphatic carbocycles. The number of fused-ring (bicyclic) bond motifs is 8. The van der Waals surface area contributed by atoms with Gasteiger partial charge in [-0.1, -0.05) is 50.3 Å². The Balaban J connectivity index is 1.21. The first kappa shape index (κ1) is 37.2. The summed E-state index contributed by atoms with van der Waals surface area (Å²) in [5, 5.41) is 2.06. The normalized spacial score (nSPS) is 19.4. The second kappa shape index (κ2) is 14.9. The number of hydrogen-bond donors (Lipinski definition) is 0. The average molecular weight is 782 g/mol. The molecule has 0 spiro atoms. The van der Waals surface area contributed by atoms with E-state index in [-0.39, 0.29) is 5.82 Å². The Morgan fingerprint density at radius 2 is 1.21 bits per heavy atom.